The number of carbonyl (C=O) groups is 2. The summed E-state index contributed by atoms with van der Waals surface area (Å²) in [5.41, 5.74) is 8.79. The molecular weight excluding hydrogens is 460 g/mol. The number of allylic oxidation sites excluding steroid dienone is 2. The van der Waals surface area contributed by atoms with Crippen LogP contribution in [0.3, 0.4) is 0 Å². The molecule has 2 saturated carbocycles. The number of hydrogen-bond donors (Lipinski definition) is 2. The first kappa shape index (κ1) is 22.4. The molecular formula is C25H26N8O3. The highest BCUT2D eigenvalue weighted by atomic mass is 16.5. The number of ether oxygens (including phenoxy) is 1. The fourth-order valence-electron chi connectivity index (χ4n) is 4.96. The van der Waals surface area contributed by atoms with Crippen molar-refractivity contribution in [3.63, 3.8) is 0 Å². The Bertz CT molecular complexity index is 1310. The zero-order valence-corrected chi connectivity index (χ0v) is 19.7. The summed E-state index contributed by atoms with van der Waals surface area (Å²) in [6.45, 7) is 1.63. The monoisotopic (exact) mass is 486 g/mol. The van der Waals surface area contributed by atoms with Crippen LogP contribution in [-0.4, -0.2) is 51.4 Å². The third kappa shape index (κ3) is 4.46. The molecule has 2 amide bonds. The highest BCUT2D eigenvalue weighted by Gasteiger charge is 2.43. The van der Waals surface area contributed by atoms with Crippen molar-refractivity contribution in [3.05, 3.63) is 46.7 Å². The standard InChI is InChI=1S/C25H26N8O3/c26-11-15-8-16(15)12-36-25-31-22(23(35)29-20-10-14-9-17(14)20)30-24(32-25)33-6-4-13(5-7-33)18-2-1-3-19(28-18)21(27)34/h1-3,13-16H,4-10,12H2,(H2,27,34)(H,29,35)/t14?,15-,16+/m0/s1. The molecule has 36 heavy (non-hydrogen) atoms. The fourth-order valence-corrected chi connectivity index (χ4v) is 4.96. The molecule has 2 aromatic rings. The van der Waals surface area contributed by atoms with Gasteiger partial charge in [0.15, 0.2) is 0 Å². The molecule has 184 valence electrons. The minimum atomic E-state index is -0.541. The van der Waals surface area contributed by atoms with E-state index in [2.05, 4.69) is 31.3 Å². The van der Waals surface area contributed by atoms with Crippen LogP contribution in [-0.2, 0) is 0 Å². The number of nitriles is 1. The second-order valence-corrected chi connectivity index (χ2v) is 9.92. The van der Waals surface area contributed by atoms with E-state index in [1.165, 1.54) is 5.57 Å². The highest BCUT2D eigenvalue weighted by Crippen LogP contribution is 2.53. The first-order valence-corrected chi connectivity index (χ1v) is 12.3. The van der Waals surface area contributed by atoms with E-state index in [-0.39, 0.29) is 41.2 Å². The van der Waals surface area contributed by atoms with Gasteiger partial charge in [0.25, 0.3) is 11.8 Å². The van der Waals surface area contributed by atoms with Gasteiger partial charge in [0.05, 0.1) is 18.6 Å². The van der Waals surface area contributed by atoms with Crippen LogP contribution >= 0.6 is 0 Å². The molecule has 2 aromatic heterocycles. The Labute approximate surface area is 207 Å². The minimum Gasteiger partial charge on any atom is -0.463 e. The summed E-state index contributed by atoms with van der Waals surface area (Å²) in [7, 11) is 0. The van der Waals surface area contributed by atoms with E-state index >= 15 is 0 Å². The summed E-state index contributed by atoms with van der Waals surface area (Å²) in [5.74, 6) is 0.523. The molecule has 11 nitrogen and oxygen atoms in total. The SMILES string of the molecule is N#C[C@@H]1C[C@@H]1COc1nc(C(=O)NC2=C3CC3C2)nc(N2CCC(c3cccc(C(N)=O)n3)CC2)n1. The maximum atomic E-state index is 12.9. The van der Waals surface area contributed by atoms with Gasteiger partial charge in [-0.05, 0) is 55.7 Å². The van der Waals surface area contributed by atoms with Crippen LogP contribution in [0.15, 0.2) is 29.5 Å². The molecule has 3 atom stereocenters. The Morgan fingerprint density at radius 3 is 2.64 bits per heavy atom. The predicted octanol–water partition coefficient (Wildman–Crippen LogP) is 1.70. The number of hydrogen-bond acceptors (Lipinski definition) is 9. The normalized spacial score (nSPS) is 24.3. The van der Waals surface area contributed by atoms with Crippen molar-refractivity contribution in [2.24, 2.45) is 23.5 Å². The quantitative estimate of drug-likeness (QED) is 0.566. The van der Waals surface area contributed by atoms with Crippen LogP contribution in [0.2, 0.25) is 0 Å². The second kappa shape index (κ2) is 8.86. The number of carbonyl (C=O) groups excluding carboxylic acids is 2. The zero-order valence-electron chi connectivity index (χ0n) is 19.7. The number of nitrogens with two attached hydrogens (primary N) is 1. The molecule has 0 aromatic carbocycles. The molecule has 0 bridgehead atoms. The number of primary amides is 1. The summed E-state index contributed by atoms with van der Waals surface area (Å²) < 4.78 is 5.80. The number of piperidine rings is 1. The van der Waals surface area contributed by atoms with Crippen molar-refractivity contribution in [2.75, 3.05) is 24.6 Å². The Balaban J connectivity index is 1.17. The third-order valence-corrected chi connectivity index (χ3v) is 7.44. The summed E-state index contributed by atoms with van der Waals surface area (Å²) in [6.07, 6.45) is 4.33. The number of amides is 2. The van der Waals surface area contributed by atoms with Crippen LogP contribution in [0, 0.1) is 29.1 Å². The number of rotatable bonds is 8. The second-order valence-electron chi connectivity index (χ2n) is 9.92. The van der Waals surface area contributed by atoms with Gasteiger partial charge in [-0.1, -0.05) is 6.07 Å². The van der Waals surface area contributed by atoms with Crippen LogP contribution in [0.1, 0.15) is 64.8 Å². The lowest BCUT2D eigenvalue weighted by molar-refractivity contribution is 0.0949. The molecule has 0 radical (unpaired) electrons. The molecule has 4 aliphatic rings. The van der Waals surface area contributed by atoms with E-state index in [1.807, 2.05) is 11.0 Å². The number of nitrogens with one attached hydrogen (secondary N) is 1. The van der Waals surface area contributed by atoms with Gasteiger partial charge in [-0.3, -0.25) is 9.59 Å². The van der Waals surface area contributed by atoms with Crippen molar-refractivity contribution < 1.29 is 14.3 Å². The van der Waals surface area contributed by atoms with Crippen LogP contribution in [0.25, 0.3) is 0 Å². The topological polar surface area (TPSA) is 160 Å². The molecule has 1 unspecified atom stereocenters. The number of anilines is 1. The number of nitrogens with zero attached hydrogens (tertiary/aromatic N) is 6. The number of fused-ring (bicyclic) bond motifs is 1. The Morgan fingerprint density at radius 1 is 1.14 bits per heavy atom. The lowest BCUT2D eigenvalue weighted by Crippen LogP contribution is -2.36. The van der Waals surface area contributed by atoms with E-state index < -0.39 is 5.91 Å². The molecule has 1 aliphatic heterocycles. The maximum absolute atomic E-state index is 12.9. The van der Waals surface area contributed by atoms with Crippen LogP contribution < -0.4 is 20.7 Å². The molecule has 3 N–H and O–H groups in total. The molecule has 1 saturated heterocycles. The molecule has 3 heterocycles. The predicted molar refractivity (Wildman–Crippen MR) is 127 cm³/mol. The summed E-state index contributed by atoms with van der Waals surface area (Å²) in [4.78, 5) is 44.1. The van der Waals surface area contributed by atoms with E-state index in [9.17, 15) is 9.59 Å². The van der Waals surface area contributed by atoms with E-state index in [0.717, 1.165) is 43.5 Å². The van der Waals surface area contributed by atoms with Gasteiger partial charge in [0.2, 0.25) is 11.8 Å². The van der Waals surface area contributed by atoms with E-state index in [1.54, 1.807) is 12.1 Å². The molecule has 6 rings (SSSR count). The Hall–Kier alpha value is -4.07. The fraction of sp³-hybridized carbons (Fsp3) is 0.480. The van der Waals surface area contributed by atoms with Gasteiger partial charge in [-0.25, -0.2) is 4.98 Å². The van der Waals surface area contributed by atoms with Gasteiger partial charge in [0.1, 0.15) is 5.69 Å². The number of pyridine rings is 1. The van der Waals surface area contributed by atoms with Crippen molar-refractivity contribution in [1.82, 2.24) is 25.3 Å². The highest BCUT2D eigenvalue weighted by molar-refractivity contribution is 5.92. The summed E-state index contributed by atoms with van der Waals surface area (Å²) in [5, 5.41) is 12.0. The zero-order chi connectivity index (χ0) is 24.8. The summed E-state index contributed by atoms with van der Waals surface area (Å²) >= 11 is 0. The van der Waals surface area contributed by atoms with Crippen LogP contribution in [0.4, 0.5) is 5.95 Å². The minimum absolute atomic E-state index is 0.00769. The van der Waals surface area contributed by atoms with Crippen LogP contribution in [0.5, 0.6) is 6.01 Å². The first-order chi connectivity index (χ1) is 17.5. The molecule has 0 spiro atoms. The molecule has 3 fully saturated rings. The lowest BCUT2D eigenvalue weighted by atomic mass is 9.93. The molecule has 3 aliphatic carbocycles. The first-order valence-electron chi connectivity index (χ1n) is 12.3. The Kier molecular flexibility index (Phi) is 5.51. The van der Waals surface area contributed by atoms with E-state index in [0.29, 0.717) is 31.6 Å². The smallest absolute Gasteiger partial charge is 0.321 e. The lowest BCUT2D eigenvalue weighted by Gasteiger charge is -2.32. The van der Waals surface area contributed by atoms with Gasteiger partial charge in [-0.2, -0.15) is 20.2 Å². The van der Waals surface area contributed by atoms with Gasteiger partial charge < -0.3 is 20.7 Å². The number of aromatic nitrogens is 4. The van der Waals surface area contributed by atoms with Crippen molar-refractivity contribution in [3.8, 4) is 12.1 Å². The van der Waals surface area contributed by atoms with Crippen molar-refractivity contribution in [2.45, 2.75) is 38.0 Å². The average molecular weight is 487 g/mol. The summed E-state index contributed by atoms with van der Waals surface area (Å²) in [6, 6.07) is 7.67. The average Bonchev–Trinajstić information content (AvgIpc) is 3.81. The van der Waals surface area contributed by atoms with Crippen molar-refractivity contribution >= 4 is 17.8 Å². The van der Waals surface area contributed by atoms with E-state index in [4.69, 9.17) is 15.7 Å². The molecule has 11 heteroatoms. The van der Waals surface area contributed by atoms with Gasteiger partial charge >= 0.3 is 6.01 Å². The van der Waals surface area contributed by atoms with Crippen molar-refractivity contribution in [1.29, 1.82) is 5.26 Å². The van der Waals surface area contributed by atoms with Gasteiger partial charge in [-0.15, -0.1) is 0 Å². The largest absolute Gasteiger partial charge is 0.463 e. The maximum Gasteiger partial charge on any atom is 0.321 e. The third-order valence-electron chi connectivity index (χ3n) is 7.44. The Morgan fingerprint density at radius 2 is 1.97 bits per heavy atom. The van der Waals surface area contributed by atoms with Gasteiger partial charge in [0, 0.05) is 36.3 Å².